The second-order valence-corrected chi connectivity index (χ2v) is 10.6. The summed E-state index contributed by atoms with van der Waals surface area (Å²) >= 11 is 0. The molecule has 7 heteroatoms. The van der Waals surface area contributed by atoms with Crippen LogP contribution < -0.4 is 10.3 Å². The molecule has 37 heavy (non-hydrogen) atoms. The standard InChI is InChI=1S/C30H30F2N4O/c31-24-8-6-21(7-9-24)17-30-18-22-19-33-36(27-12-10-25(32)11-13-27)28(22)16-23(30)14-15-35(20-30)29(37)34-26-4-2-1-3-5-26/h1-13,19,22-23,28H,14-18,20H2,(H,34,37). The number of para-hydroxylation sites is 1. The molecule has 1 saturated heterocycles. The Balaban J connectivity index is 1.27. The number of carbonyl (C=O) groups is 1. The van der Waals surface area contributed by atoms with Crippen LogP contribution in [-0.2, 0) is 6.42 Å². The molecule has 2 fully saturated rings. The Labute approximate surface area is 215 Å². The van der Waals surface area contributed by atoms with Gasteiger partial charge in [-0.15, -0.1) is 0 Å². The van der Waals surface area contributed by atoms with E-state index in [2.05, 4.69) is 5.32 Å². The highest BCUT2D eigenvalue weighted by molar-refractivity contribution is 5.89. The predicted octanol–water partition coefficient (Wildman–Crippen LogP) is 6.33. The second-order valence-electron chi connectivity index (χ2n) is 10.6. The molecule has 2 heterocycles. The molecule has 2 aliphatic heterocycles. The van der Waals surface area contributed by atoms with E-state index in [-0.39, 0.29) is 35.0 Å². The van der Waals surface area contributed by atoms with Crippen LogP contribution in [0.4, 0.5) is 25.0 Å². The van der Waals surface area contributed by atoms with Gasteiger partial charge in [0, 0.05) is 30.9 Å². The molecular weight excluding hydrogens is 470 g/mol. The summed E-state index contributed by atoms with van der Waals surface area (Å²) in [6.45, 7) is 1.32. The van der Waals surface area contributed by atoms with Crippen molar-refractivity contribution in [3.05, 3.63) is 96.1 Å². The third kappa shape index (κ3) is 4.70. The van der Waals surface area contributed by atoms with Crippen molar-refractivity contribution in [3.8, 4) is 0 Å². The number of piperidine rings is 1. The van der Waals surface area contributed by atoms with E-state index in [4.69, 9.17) is 5.10 Å². The van der Waals surface area contributed by atoms with Gasteiger partial charge in [-0.05, 0) is 91.1 Å². The maximum atomic E-state index is 13.7. The number of hydrogen-bond acceptors (Lipinski definition) is 3. The summed E-state index contributed by atoms with van der Waals surface area (Å²) in [5, 5.41) is 9.83. The van der Waals surface area contributed by atoms with E-state index in [0.29, 0.717) is 19.0 Å². The van der Waals surface area contributed by atoms with Crippen LogP contribution in [0, 0.1) is 28.9 Å². The van der Waals surface area contributed by atoms with E-state index in [0.717, 1.165) is 42.6 Å². The van der Waals surface area contributed by atoms with E-state index in [1.54, 1.807) is 12.1 Å². The van der Waals surface area contributed by atoms with Crippen molar-refractivity contribution in [2.24, 2.45) is 22.4 Å². The Hall–Kier alpha value is -3.74. The topological polar surface area (TPSA) is 47.9 Å². The summed E-state index contributed by atoms with van der Waals surface area (Å²) in [6.07, 6.45) is 5.53. The number of fused-ring (bicyclic) bond motifs is 2. The van der Waals surface area contributed by atoms with Gasteiger partial charge in [0.15, 0.2) is 0 Å². The molecule has 190 valence electrons. The quantitative estimate of drug-likeness (QED) is 0.455. The van der Waals surface area contributed by atoms with Gasteiger partial charge in [0.1, 0.15) is 11.6 Å². The number of benzene rings is 3. The molecule has 4 atom stereocenters. The molecule has 5 nitrogen and oxygen atoms in total. The van der Waals surface area contributed by atoms with Crippen LogP contribution in [0.25, 0.3) is 0 Å². The molecule has 0 spiro atoms. The zero-order chi connectivity index (χ0) is 25.4. The van der Waals surface area contributed by atoms with Crippen LogP contribution in [0.15, 0.2) is 84.0 Å². The van der Waals surface area contributed by atoms with Gasteiger partial charge < -0.3 is 10.2 Å². The molecule has 3 aromatic carbocycles. The number of rotatable bonds is 4. The molecular formula is C30H30F2N4O. The smallest absolute Gasteiger partial charge is 0.321 e. The minimum absolute atomic E-state index is 0.0849. The summed E-state index contributed by atoms with van der Waals surface area (Å²) in [6, 6.07) is 22.9. The van der Waals surface area contributed by atoms with Gasteiger partial charge in [-0.25, -0.2) is 13.6 Å². The Bertz CT molecular complexity index is 1280. The number of nitrogens with zero attached hydrogens (tertiary/aromatic N) is 3. The molecule has 4 unspecified atom stereocenters. The van der Waals surface area contributed by atoms with E-state index in [9.17, 15) is 13.6 Å². The predicted molar refractivity (Wildman–Crippen MR) is 142 cm³/mol. The maximum absolute atomic E-state index is 13.7. The lowest BCUT2D eigenvalue weighted by molar-refractivity contribution is -0.00322. The van der Waals surface area contributed by atoms with Crippen molar-refractivity contribution >= 4 is 23.6 Å². The van der Waals surface area contributed by atoms with E-state index in [1.165, 1.54) is 24.3 Å². The first kappa shape index (κ1) is 23.6. The normalized spacial score (nSPS) is 26.5. The molecule has 6 rings (SSSR count). The van der Waals surface area contributed by atoms with Gasteiger partial charge in [0.25, 0.3) is 0 Å². The molecule has 0 radical (unpaired) electrons. The van der Waals surface area contributed by atoms with Gasteiger partial charge in [0.05, 0.1) is 11.7 Å². The molecule has 0 aromatic heterocycles. The Kier molecular flexibility index (Phi) is 6.14. The third-order valence-electron chi connectivity index (χ3n) is 8.35. The fourth-order valence-corrected chi connectivity index (χ4v) is 6.58. The Morgan fingerprint density at radius 2 is 1.68 bits per heavy atom. The average Bonchev–Trinajstić information content (AvgIpc) is 3.31. The van der Waals surface area contributed by atoms with E-state index in [1.807, 2.05) is 58.6 Å². The molecule has 3 aromatic rings. The van der Waals surface area contributed by atoms with Crippen LogP contribution in [0.1, 0.15) is 24.8 Å². The zero-order valence-electron chi connectivity index (χ0n) is 20.6. The fraction of sp³-hybridized carbons (Fsp3) is 0.333. The summed E-state index contributed by atoms with van der Waals surface area (Å²) in [5.41, 5.74) is 2.62. The van der Waals surface area contributed by atoms with Crippen LogP contribution in [0.5, 0.6) is 0 Å². The van der Waals surface area contributed by atoms with Crippen LogP contribution in [0.3, 0.4) is 0 Å². The minimum Gasteiger partial charge on any atom is -0.324 e. The SMILES string of the molecule is O=C(Nc1ccccc1)N1CCC2CC3C(C=NN3c3ccc(F)cc3)CC2(Cc2ccc(F)cc2)C1. The van der Waals surface area contributed by atoms with Crippen LogP contribution in [-0.4, -0.2) is 36.3 Å². The third-order valence-corrected chi connectivity index (χ3v) is 8.35. The number of carbonyl (C=O) groups excluding carboxylic acids is 1. The second kappa shape index (κ2) is 9.61. The number of anilines is 2. The van der Waals surface area contributed by atoms with Crippen LogP contribution >= 0.6 is 0 Å². The van der Waals surface area contributed by atoms with E-state index < -0.39 is 0 Å². The maximum Gasteiger partial charge on any atom is 0.321 e. The number of amides is 2. The first-order valence-electron chi connectivity index (χ1n) is 12.9. The lowest BCUT2D eigenvalue weighted by Crippen LogP contribution is -2.58. The van der Waals surface area contributed by atoms with Gasteiger partial charge in [-0.3, -0.25) is 5.01 Å². The highest BCUT2D eigenvalue weighted by atomic mass is 19.1. The van der Waals surface area contributed by atoms with Gasteiger partial charge in [-0.2, -0.15) is 5.10 Å². The first-order valence-corrected chi connectivity index (χ1v) is 12.9. The van der Waals surface area contributed by atoms with Gasteiger partial charge in [0.2, 0.25) is 0 Å². The zero-order valence-corrected chi connectivity index (χ0v) is 20.6. The molecule has 1 N–H and O–H groups in total. The molecule has 2 amide bonds. The first-order chi connectivity index (χ1) is 18.0. The number of halogens is 2. The fourth-order valence-electron chi connectivity index (χ4n) is 6.58. The number of likely N-dealkylation sites (tertiary alicyclic amines) is 1. The van der Waals surface area contributed by atoms with Gasteiger partial charge in [-0.1, -0.05) is 30.3 Å². The minimum atomic E-state index is -0.258. The number of hydrogen-bond donors (Lipinski definition) is 1. The van der Waals surface area contributed by atoms with Crippen LogP contribution in [0.2, 0.25) is 0 Å². The largest absolute Gasteiger partial charge is 0.324 e. The number of urea groups is 1. The number of nitrogens with one attached hydrogen (secondary N) is 1. The summed E-state index contributed by atoms with van der Waals surface area (Å²) in [7, 11) is 0. The van der Waals surface area contributed by atoms with Crippen molar-refractivity contribution in [2.75, 3.05) is 23.4 Å². The van der Waals surface area contributed by atoms with Crippen molar-refractivity contribution < 1.29 is 13.6 Å². The highest BCUT2D eigenvalue weighted by Gasteiger charge is 2.53. The molecule has 0 bridgehead atoms. The number of hydrazone groups is 1. The molecule has 3 aliphatic rings. The van der Waals surface area contributed by atoms with Crippen molar-refractivity contribution in [3.63, 3.8) is 0 Å². The Morgan fingerprint density at radius 1 is 0.973 bits per heavy atom. The van der Waals surface area contributed by atoms with Crippen molar-refractivity contribution in [2.45, 2.75) is 31.7 Å². The molecule has 1 saturated carbocycles. The van der Waals surface area contributed by atoms with Crippen molar-refractivity contribution in [1.82, 2.24) is 4.90 Å². The highest BCUT2D eigenvalue weighted by Crippen LogP contribution is 2.52. The van der Waals surface area contributed by atoms with Gasteiger partial charge >= 0.3 is 6.03 Å². The Morgan fingerprint density at radius 3 is 2.41 bits per heavy atom. The summed E-state index contributed by atoms with van der Waals surface area (Å²) < 4.78 is 27.2. The lowest BCUT2D eigenvalue weighted by Gasteiger charge is -2.54. The monoisotopic (exact) mass is 500 g/mol. The van der Waals surface area contributed by atoms with E-state index >= 15 is 0 Å². The summed E-state index contributed by atoms with van der Waals surface area (Å²) in [5.74, 6) is 0.0987. The molecule has 1 aliphatic carbocycles. The van der Waals surface area contributed by atoms with Crippen molar-refractivity contribution in [1.29, 1.82) is 0 Å². The lowest BCUT2D eigenvalue weighted by atomic mass is 9.57. The summed E-state index contributed by atoms with van der Waals surface area (Å²) in [4.78, 5) is 15.2. The average molecular weight is 501 g/mol.